The van der Waals surface area contributed by atoms with Crippen molar-refractivity contribution in [1.82, 2.24) is 9.62 Å². The van der Waals surface area contributed by atoms with Gasteiger partial charge in [-0.1, -0.05) is 30.7 Å². The second-order valence-corrected chi connectivity index (χ2v) is 8.47. The summed E-state index contributed by atoms with van der Waals surface area (Å²) in [5, 5.41) is 13.5. The third-order valence-electron chi connectivity index (χ3n) is 4.66. The molecular weight excluding hydrogens is 382 g/mol. The summed E-state index contributed by atoms with van der Waals surface area (Å²) in [6.07, 6.45) is 2.70. The Hall–Kier alpha value is -2.78. The fourth-order valence-electron chi connectivity index (χ4n) is 3.18. The predicted molar refractivity (Wildman–Crippen MR) is 103 cm³/mol. The SMILES string of the molecule is O=C(NCc1ccccc1S(=O)(=O)N1CCCCC1)c1cccc([N+](=O)[O-])c1. The molecule has 8 nitrogen and oxygen atoms in total. The molecule has 9 heteroatoms. The molecule has 1 saturated heterocycles. The maximum Gasteiger partial charge on any atom is 0.270 e. The van der Waals surface area contributed by atoms with Crippen molar-refractivity contribution in [3.05, 3.63) is 69.8 Å². The van der Waals surface area contributed by atoms with E-state index in [1.165, 1.54) is 28.6 Å². The van der Waals surface area contributed by atoms with Gasteiger partial charge in [-0.05, 0) is 30.5 Å². The van der Waals surface area contributed by atoms with Crippen molar-refractivity contribution in [2.75, 3.05) is 13.1 Å². The summed E-state index contributed by atoms with van der Waals surface area (Å²) in [5.41, 5.74) is 0.443. The number of amides is 1. The van der Waals surface area contributed by atoms with Crippen LogP contribution in [0.1, 0.15) is 35.2 Å². The van der Waals surface area contributed by atoms with E-state index in [2.05, 4.69) is 5.32 Å². The molecule has 3 rings (SSSR count). The summed E-state index contributed by atoms with van der Waals surface area (Å²) in [6, 6.07) is 12.0. The summed E-state index contributed by atoms with van der Waals surface area (Å²) in [5.74, 6) is -0.506. The van der Waals surface area contributed by atoms with Crippen molar-refractivity contribution in [3.8, 4) is 0 Å². The molecule has 1 heterocycles. The summed E-state index contributed by atoms with van der Waals surface area (Å²) < 4.78 is 27.4. The molecule has 0 bridgehead atoms. The van der Waals surface area contributed by atoms with Crippen molar-refractivity contribution >= 4 is 21.6 Å². The van der Waals surface area contributed by atoms with Gasteiger partial charge in [0.2, 0.25) is 10.0 Å². The quantitative estimate of drug-likeness (QED) is 0.589. The van der Waals surface area contributed by atoms with Gasteiger partial charge in [0.05, 0.1) is 9.82 Å². The zero-order chi connectivity index (χ0) is 20.1. The molecule has 0 unspecified atom stereocenters. The Bertz CT molecular complexity index is 985. The number of piperidine rings is 1. The van der Waals surface area contributed by atoms with Crippen LogP contribution < -0.4 is 5.32 Å². The number of non-ortho nitro benzene ring substituents is 1. The average molecular weight is 403 g/mol. The lowest BCUT2D eigenvalue weighted by Crippen LogP contribution is -2.36. The molecule has 28 heavy (non-hydrogen) atoms. The Balaban J connectivity index is 1.78. The van der Waals surface area contributed by atoms with Crippen LogP contribution in [-0.2, 0) is 16.6 Å². The highest BCUT2D eigenvalue weighted by Crippen LogP contribution is 2.23. The molecule has 148 valence electrons. The molecule has 1 fully saturated rings. The topological polar surface area (TPSA) is 110 Å². The molecule has 0 aromatic heterocycles. The van der Waals surface area contributed by atoms with Crippen LogP contribution in [0.4, 0.5) is 5.69 Å². The van der Waals surface area contributed by atoms with Crippen LogP contribution in [0.15, 0.2) is 53.4 Å². The van der Waals surface area contributed by atoms with Gasteiger partial charge >= 0.3 is 0 Å². The second-order valence-electron chi connectivity index (χ2n) is 6.56. The largest absolute Gasteiger partial charge is 0.348 e. The summed E-state index contributed by atoms with van der Waals surface area (Å²) in [7, 11) is -3.63. The van der Waals surface area contributed by atoms with Crippen molar-refractivity contribution in [3.63, 3.8) is 0 Å². The van der Waals surface area contributed by atoms with E-state index in [-0.39, 0.29) is 22.7 Å². The third kappa shape index (κ3) is 4.37. The molecule has 1 aliphatic heterocycles. The highest BCUT2D eigenvalue weighted by molar-refractivity contribution is 7.89. The molecule has 2 aromatic rings. The number of hydrogen-bond donors (Lipinski definition) is 1. The molecule has 0 aliphatic carbocycles. The maximum atomic E-state index is 13.0. The van der Waals surface area contributed by atoms with Crippen molar-refractivity contribution in [2.45, 2.75) is 30.7 Å². The first-order valence-electron chi connectivity index (χ1n) is 9.00. The standard InChI is InChI=1S/C19H21N3O5S/c23-19(15-8-6-9-17(13-15)22(24)25)20-14-16-7-2-3-10-18(16)28(26,27)21-11-4-1-5-12-21/h2-3,6-10,13H,1,4-5,11-12,14H2,(H,20,23). The Kier molecular flexibility index (Phi) is 6.05. The number of rotatable bonds is 6. The number of nitro benzene ring substituents is 1. The summed E-state index contributed by atoms with van der Waals surface area (Å²) in [6.45, 7) is 0.998. The number of nitro groups is 1. The van der Waals surface area contributed by atoms with Gasteiger partial charge in [0.25, 0.3) is 11.6 Å². The summed E-state index contributed by atoms with van der Waals surface area (Å²) in [4.78, 5) is 22.8. The molecule has 2 aromatic carbocycles. The zero-order valence-corrected chi connectivity index (χ0v) is 16.0. The van der Waals surface area contributed by atoms with Crippen LogP contribution in [0.5, 0.6) is 0 Å². The Morgan fingerprint density at radius 1 is 1.07 bits per heavy atom. The van der Waals surface area contributed by atoms with Gasteiger partial charge in [0.1, 0.15) is 0 Å². The maximum absolute atomic E-state index is 13.0. The highest BCUT2D eigenvalue weighted by Gasteiger charge is 2.28. The minimum absolute atomic E-state index is 0.00473. The number of nitrogens with zero attached hydrogens (tertiary/aromatic N) is 2. The molecule has 0 spiro atoms. The van der Waals surface area contributed by atoms with E-state index in [0.29, 0.717) is 18.7 Å². The summed E-state index contributed by atoms with van der Waals surface area (Å²) >= 11 is 0. The van der Waals surface area contributed by atoms with Crippen LogP contribution in [0.3, 0.4) is 0 Å². The van der Waals surface area contributed by atoms with Gasteiger partial charge in [-0.3, -0.25) is 14.9 Å². The molecule has 1 aliphatic rings. The fourth-order valence-corrected chi connectivity index (χ4v) is 4.92. The molecule has 1 N–H and O–H groups in total. The number of carbonyl (C=O) groups excluding carboxylic acids is 1. The van der Waals surface area contributed by atoms with E-state index in [9.17, 15) is 23.3 Å². The van der Waals surface area contributed by atoms with E-state index in [1.54, 1.807) is 24.3 Å². The first-order chi connectivity index (χ1) is 13.4. The van der Waals surface area contributed by atoms with E-state index in [4.69, 9.17) is 0 Å². The van der Waals surface area contributed by atoms with Gasteiger partial charge in [0, 0.05) is 37.3 Å². The van der Waals surface area contributed by atoms with Crippen LogP contribution >= 0.6 is 0 Å². The minimum Gasteiger partial charge on any atom is -0.348 e. The van der Waals surface area contributed by atoms with Crippen molar-refractivity contribution in [1.29, 1.82) is 0 Å². The predicted octanol–water partition coefficient (Wildman–Crippen LogP) is 2.70. The number of hydrogen-bond acceptors (Lipinski definition) is 5. The van der Waals surface area contributed by atoms with Gasteiger partial charge in [-0.25, -0.2) is 8.42 Å². The number of sulfonamides is 1. The first kappa shape index (κ1) is 20.0. The Morgan fingerprint density at radius 2 is 1.79 bits per heavy atom. The number of nitrogens with one attached hydrogen (secondary N) is 1. The van der Waals surface area contributed by atoms with Crippen LogP contribution in [0, 0.1) is 10.1 Å². The third-order valence-corrected chi connectivity index (χ3v) is 6.66. The smallest absolute Gasteiger partial charge is 0.270 e. The molecule has 0 radical (unpaired) electrons. The minimum atomic E-state index is -3.63. The molecular formula is C19H21N3O5S. The molecule has 1 amide bonds. The second kappa shape index (κ2) is 8.49. The zero-order valence-electron chi connectivity index (χ0n) is 15.2. The van der Waals surface area contributed by atoms with Gasteiger partial charge in [-0.15, -0.1) is 0 Å². The van der Waals surface area contributed by atoms with Crippen LogP contribution in [-0.4, -0.2) is 36.6 Å². The normalized spacial score (nSPS) is 15.1. The lowest BCUT2D eigenvalue weighted by atomic mass is 10.1. The van der Waals surface area contributed by atoms with Crippen molar-refractivity contribution < 1.29 is 18.1 Å². The fraction of sp³-hybridized carbons (Fsp3) is 0.316. The molecule has 0 saturated carbocycles. The van der Waals surface area contributed by atoms with Crippen molar-refractivity contribution in [2.24, 2.45) is 0 Å². The van der Waals surface area contributed by atoms with Gasteiger partial charge in [0.15, 0.2) is 0 Å². The van der Waals surface area contributed by atoms with E-state index >= 15 is 0 Å². The monoisotopic (exact) mass is 403 g/mol. The van der Waals surface area contributed by atoms with Gasteiger partial charge < -0.3 is 5.32 Å². The number of carbonyl (C=O) groups is 1. The lowest BCUT2D eigenvalue weighted by molar-refractivity contribution is -0.384. The van der Waals surface area contributed by atoms with E-state index in [1.807, 2.05) is 0 Å². The number of benzene rings is 2. The first-order valence-corrected chi connectivity index (χ1v) is 10.4. The lowest BCUT2D eigenvalue weighted by Gasteiger charge is -2.26. The highest BCUT2D eigenvalue weighted by atomic mass is 32.2. The van der Waals surface area contributed by atoms with E-state index < -0.39 is 20.9 Å². The van der Waals surface area contributed by atoms with Crippen LogP contribution in [0.25, 0.3) is 0 Å². The van der Waals surface area contributed by atoms with E-state index in [0.717, 1.165) is 19.3 Å². The average Bonchev–Trinajstić information content (AvgIpc) is 2.73. The van der Waals surface area contributed by atoms with Crippen LogP contribution in [0.2, 0.25) is 0 Å². The Labute approximate surface area is 163 Å². The molecule has 0 atom stereocenters. The Morgan fingerprint density at radius 3 is 2.50 bits per heavy atom. The van der Waals surface area contributed by atoms with Gasteiger partial charge in [-0.2, -0.15) is 4.31 Å².